The van der Waals surface area contributed by atoms with E-state index >= 15 is 0 Å². The Labute approximate surface area is 110 Å². The highest BCUT2D eigenvalue weighted by atomic mass is 35.5. The maximum absolute atomic E-state index is 6.16. The highest BCUT2D eigenvalue weighted by Crippen LogP contribution is 2.27. The SMILES string of the molecule is Cc1ccc(CC(N)c2ccoc2Cl)c(Cl)c1. The minimum Gasteiger partial charge on any atom is -0.453 e. The van der Waals surface area contributed by atoms with E-state index in [1.165, 1.54) is 6.26 Å². The topological polar surface area (TPSA) is 39.2 Å². The van der Waals surface area contributed by atoms with Gasteiger partial charge in [-0.2, -0.15) is 0 Å². The zero-order valence-electron chi connectivity index (χ0n) is 9.41. The molecule has 1 unspecified atom stereocenters. The van der Waals surface area contributed by atoms with E-state index in [0.29, 0.717) is 11.6 Å². The molecule has 0 bridgehead atoms. The molecule has 1 aromatic carbocycles. The molecule has 0 fully saturated rings. The number of hydrogen-bond donors (Lipinski definition) is 1. The van der Waals surface area contributed by atoms with Gasteiger partial charge < -0.3 is 10.2 Å². The van der Waals surface area contributed by atoms with E-state index in [4.69, 9.17) is 33.4 Å². The first-order valence-electron chi connectivity index (χ1n) is 5.31. The predicted molar refractivity (Wildman–Crippen MR) is 70.5 cm³/mol. The third-order valence-electron chi connectivity index (χ3n) is 2.69. The average Bonchev–Trinajstić information content (AvgIpc) is 2.68. The molecule has 2 N–H and O–H groups in total. The first-order valence-corrected chi connectivity index (χ1v) is 6.07. The minimum absolute atomic E-state index is 0.207. The molecule has 17 heavy (non-hydrogen) atoms. The van der Waals surface area contributed by atoms with Crippen LogP contribution in [0.1, 0.15) is 22.7 Å². The van der Waals surface area contributed by atoms with E-state index in [2.05, 4.69) is 0 Å². The van der Waals surface area contributed by atoms with Gasteiger partial charge in [-0.1, -0.05) is 23.7 Å². The fourth-order valence-electron chi connectivity index (χ4n) is 1.73. The van der Waals surface area contributed by atoms with Gasteiger partial charge in [0, 0.05) is 16.6 Å². The van der Waals surface area contributed by atoms with Gasteiger partial charge in [0.25, 0.3) is 0 Å². The summed E-state index contributed by atoms with van der Waals surface area (Å²) in [5.74, 6) is 0. The van der Waals surface area contributed by atoms with E-state index in [0.717, 1.165) is 21.7 Å². The first kappa shape index (κ1) is 12.5. The van der Waals surface area contributed by atoms with E-state index < -0.39 is 0 Å². The van der Waals surface area contributed by atoms with Crippen LogP contribution in [-0.4, -0.2) is 0 Å². The van der Waals surface area contributed by atoms with Crippen molar-refractivity contribution in [1.82, 2.24) is 0 Å². The first-order chi connectivity index (χ1) is 8.08. The fraction of sp³-hybridized carbons (Fsp3) is 0.231. The monoisotopic (exact) mass is 269 g/mol. The Morgan fingerprint density at radius 3 is 2.65 bits per heavy atom. The number of halogens is 2. The van der Waals surface area contributed by atoms with Crippen molar-refractivity contribution in [1.29, 1.82) is 0 Å². The number of rotatable bonds is 3. The van der Waals surface area contributed by atoms with Crippen molar-refractivity contribution in [3.8, 4) is 0 Å². The lowest BCUT2D eigenvalue weighted by molar-refractivity contribution is 0.560. The highest BCUT2D eigenvalue weighted by Gasteiger charge is 2.14. The van der Waals surface area contributed by atoms with Crippen LogP contribution in [0, 0.1) is 6.92 Å². The number of furan rings is 1. The average molecular weight is 270 g/mol. The maximum atomic E-state index is 6.16. The van der Waals surface area contributed by atoms with Crippen LogP contribution in [-0.2, 0) is 6.42 Å². The van der Waals surface area contributed by atoms with Gasteiger partial charge >= 0.3 is 0 Å². The Morgan fingerprint density at radius 1 is 1.29 bits per heavy atom. The third-order valence-corrected chi connectivity index (χ3v) is 3.35. The molecule has 1 heterocycles. The zero-order chi connectivity index (χ0) is 12.4. The van der Waals surface area contributed by atoms with Gasteiger partial charge in [-0.25, -0.2) is 0 Å². The van der Waals surface area contributed by atoms with Crippen LogP contribution in [0.5, 0.6) is 0 Å². The van der Waals surface area contributed by atoms with Crippen LogP contribution in [0.2, 0.25) is 10.2 Å². The Balaban J connectivity index is 2.19. The van der Waals surface area contributed by atoms with E-state index in [-0.39, 0.29) is 6.04 Å². The van der Waals surface area contributed by atoms with Crippen molar-refractivity contribution in [2.45, 2.75) is 19.4 Å². The zero-order valence-corrected chi connectivity index (χ0v) is 10.9. The molecule has 0 spiro atoms. The Morgan fingerprint density at radius 2 is 2.06 bits per heavy atom. The summed E-state index contributed by atoms with van der Waals surface area (Å²) in [6.45, 7) is 2.00. The highest BCUT2D eigenvalue weighted by molar-refractivity contribution is 6.31. The standard InChI is InChI=1S/C13H13Cl2NO/c1-8-2-3-9(11(14)6-8)7-12(16)10-4-5-17-13(10)15/h2-6,12H,7,16H2,1H3. The normalized spacial score (nSPS) is 12.7. The molecule has 2 aromatic rings. The lowest BCUT2D eigenvalue weighted by Crippen LogP contribution is -2.13. The molecule has 2 nitrogen and oxygen atoms in total. The van der Waals surface area contributed by atoms with Crippen molar-refractivity contribution >= 4 is 23.2 Å². The molecule has 1 atom stereocenters. The molecule has 0 aliphatic rings. The summed E-state index contributed by atoms with van der Waals surface area (Å²) in [5, 5.41) is 1.08. The molecule has 0 saturated carbocycles. The van der Waals surface area contributed by atoms with Crippen LogP contribution in [0.4, 0.5) is 0 Å². The minimum atomic E-state index is -0.207. The van der Waals surface area contributed by atoms with Crippen LogP contribution in [0.15, 0.2) is 34.9 Å². The van der Waals surface area contributed by atoms with Crippen molar-refractivity contribution in [2.75, 3.05) is 0 Å². The Bertz CT molecular complexity index is 522. The molecule has 4 heteroatoms. The number of hydrogen-bond acceptors (Lipinski definition) is 2. The number of nitrogens with two attached hydrogens (primary N) is 1. The molecule has 0 radical (unpaired) electrons. The molecule has 0 aliphatic carbocycles. The maximum Gasteiger partial charge on any atom is 0.197 e. The summed E-state index contributed by atoms with van der Waals surface area (Å²) in [7, 11) is 0. The fourth-order valence-corrected chi connectivity index (χ4v) is 2.30. The summed E-state index contributed by atoms with van der Waals surface area (Å²) in [4.78, 5) is 0. The van der Waals surface area contributed by atoms with Crippen molar-refractivity contribution in [3.05, 3.63) is 57.5 Å². The van der Waals surface area contributed by atoms with Gasteiger partial charge in [0.15, 0.2) is 5.22 Å². The largest absolute Gasteiger partial charge is 0.453 e. The molecule has 1 aromatic heterocycles. The van der Waals surface area contributed by atoms with Crippen molar-refractivity contribution in [3.63, 3.8) is 0 Å². The van der Waals surface area contributed by atoms with E-state index in [9.17, 15) is 0 Å². The Kier molecular flexibility index (Phi) is 3.77. The van der Waals surface area contributed by atoms with Gasteiger partial charge in [-0.3, -0.25) is 0 Å². The van der Waals surface area contributed by atoms with Crippen molar-refractivity contribution in [2.24, 2.45) is 5.73 Å². The summed E-state index contributed by atoms with van der Waals surface area (Å²) >= 11 is 12.0. The summed E-state index contributed by atoms with van der Waals surface area (Å²) < 4.78 is 5.03. The summed E-state index contributed by atoms with van der Waals surface area (Å²) in [6, 6.07) is 7.52. The summed E-state index contributed by atoms with van der Waals surface area (Å²) in [5.41, 5.74) is 9.03. The Hall–Kier alpha value is -0.960. The van der Waals surface area contributed by atoms with Crippen LogP contribution in [0.25, 0.3) is 0 Å². The smallest absolute Gasteiger partial charge is 0.197 e. The lowest BCUT2D eigenvalue weighted by Gasteiger charge is -2.11. The summed E-state index contributed by atoms with van der Waals surface area (Å²) in [6.07, 6.45) is 2.17. The second kappa shape index (κ2) is 5.13. The van der Waals surface area contributed by atoms with Crippen molar-refractivity contribution < 1.29 is 4.42 Å². The van der Waals surface area contributed by atoms with Gasteiger partial charge in [-0.05, 0) is 48.2 Å². The molecule has 90 valence electrons. The second-order valence-corrected chi connectivity index (χ2v) is 4.81. The van der Waals surface area contributed by atoms with Crippen LogP contribution in [0.3, 0.4) is 0 Å². The van der Waals surface area contributed by atoms with Crippen LogP contribution < -0.4 is 5.73 Å². The van der Waals surface area contributed by atoms with Crippen LogP contribution >= 0.6 is 23.2 Å². The van der Waals surface area contributed by atoms with Gasteiger partial charge in [-0.15, -0.1) is 0 Å². The molecule has 2 rings (SSSR count). The molecular weight excluding hydrogens is 257 g/mol. The van der Waals surface area contributed by atoms with Gasteiger partial charge in [0.1, 0.15) is 0 Å². The molecule has 0 saturated heterocycles. The quantitative estimate of drug-likeness (QED) is 0.910. The number of aryl methyl sites for hydroxylation is 1. The third kappa shape index (κ3) is 2.83. The van der Waals surface area contributed by atoms with E-state index in [1.807, 2.05) is 25.1 Å². The van der Waals surface area contributed by atoms with Gasteiger partial charge in [0.2, 0.25) is 0 Å². The second-order valence-electron chi connectivity index (χ2n) is 4.06. The molecular formula is C13H13Cl2NO. The number of benzene rings is 1. The lowest BCUT2D eigenvalue weighted by atomic mass is 10.0. The predicted octanol–water partition coefficient (Wildman–Crippen LogP) is 4.14. The molecule has 0 aliphatic heterocycles. The van der Waals surface area contributed by atoms with Gasteiger partial charge in [0.05, 0.1) is 6.26 Å². The molecule has 0 amide bonds. The van der Waals surface area contributed by atoms with E-state index in [1.54, 1.807) is 6.07 Å².